The second kappa shape index (κ2) is 10.4. The Morgan fingerprint density at radius 2 is 1.96 bits per heavy atom. The third-order valence-corrected chi connectivity index (χ3v) is 6.45. The lowest BCUT2D eigenvalue weighted by atomic mass is 10.0. The van der Waals surface area contributed by atoms with Crippen molar-refractivity contribution in [1.82, 2.24) is 4.98 Å². The van der Waals surface area contributed by atoms with Crippen molar-refractivity contribution >= 4 is 39.4 Å². The molecule has 3 aromatic rings. The van der Waals surface area contributed by atoms with Crippen LogP contribution in [0.25, 0.3) is 0 Å². The highest BCUT2D eigenvalue weighted by Crippen LogP contribution is 2.23. The van der Waals surface area contributed by atoms with Crippen LogP contribution in [0.4, 0.5) is 10.8 Å². The molecule has 3 rings (SSSR count). The quantitative estimate of drug-likeness (QED) is 0.373. The zero-order valence-corrected chi connectivity index (χ0v) is 18.1. The number of rotatable bonds is 10. The van der Waals surface area contributed by atoms with Gasteiger partial charge in [-0.25, -0.2) is 4.98 Å². The van der Waals surface area contributed by atoms with Crippen LogP contribution in [-0.2, 0) is 13.0 Å². The molecule has 2 N–H and O–H groups in total. The van der Waals surface area contributed by atoms with Gasteiger partial charge in [-0.05, 0) is 43.5 Å². The van der Waals surface area contributed by atoms with E-state index in [9.17, 15) is 4.79 Å². The first-order valence-corrected chi connectivity index (χ1v) is 11.5. The van der Waals surface area contributed by atoms with Gasteiger partial charge in [0.1, 0.15) is 0 Å². The summed E-state index contributed by atoms with van der Waals surface area (Å²) in [5.74, 6) is -0.0954. The number of benzene rings is 1. The first-order chi connectivity index (χ1) is 13.7. The van der Waals surface area contributed by atoms with E-state index < -0.39 is 0 Å². The number of para-hydroxylation sites is 1. The van der Waals surface area contributed by atoms with Crippen LogP contribution < -0.4 is 10.6 Å². The molecule has 0 fully saturated rings. The normalized spacial score (nSPS) is 10.8. The highest BCUT2D eigenvalue weighted by molar-refractivity contribution is 7.15. The molecule has 28 heavy (non-hydrogen) atoms. The molecular formula is C22H27N3OS2. The van der Waals surface area contributed by atoms with Gasteiger partial charge in [-0.1, -0.05) is 44.4 Å². The molecule has 0 saturated heterocycles. The molecule has 0 atom stereocenters. The molecule has 0 bridgehead atoms. The summed E-state index contributed by atoms with van der Waals surface area (Å²) in [5, 5.41) is 8.99. The standard InChI is InChI=1S/C22H27N3OS2/c1-3-4-5-6-9-17-10-7-8-11-19(17)23-14-18-12-13-20(28-18)21(26)25-22-24-16(2)15-27-22/h7-8,10-13,15,23H,3-6,9,14H2,1-2H3,(H,24,25,26). The number of nitrogens with zero attached hydrogens (tertiary/aromatic N) is 1. The number of hydrogen-bond acceptors (Lipinski definition) is 5. The second-order valence-electron chi connectivity index (χ2n) is 6.84. The molecule has 1 aromatic carbocycles. The third-order valence-electron chi connectivity index (χ3n) is 4.50. The number of hydrogen-bond donors (Lipinski definition) is 2. The van der Waals surface area contributed by atoms with Gasteiger partial charge < -0.3 is 5.32 Å². The SMILES string of the molecule is CCCCCCc1ccccc1NCc1ccc(C(=O)Nc2nc(C)cs2)s1. The lowest BCUT2D eigenvalue weighted by Crippen LogP contribution is -2.09. The molecule has 2 heterocycles. The minimum Gasteiger partial charge on any atom is -0.380 e. The van der Waals surface area contributed by atoms with Gasteiger partial charge in [0.25, 0.3) is 5.91 Å². The van der Waals surface area contributed by atoms with Crippen molar-refractivity contribution in [3.8, 4) is 0 Å². The fourth-order valence-electron chi connectivity index (χ4n) is 3.00. The summed E-state index contributed by atoms with van der Waals surface area (Å²) in [5.41, 5.74) is 3.48. The Hall–Kier alpha value is -2.18. The van der Waals surface area contributed by atoms with Crippen LogP contribution in [0.1, 0.15) is 58.4 Å². The van der Waals surface area contributed by atoms with Crippen LogP contribution in [0.15, 0.2) is 41.8 Å². The highest BCUT2D eigenvalue weighted by Gasteiger charge is 2.11. The van der Waals surface area contributed by atoms with Crippen molar-refractivity contribution in [2.24, 2.45) is 0 Å². The molecule has 0 spiro atoms. The van der Waals surface area contributed by atoms with Crippen molar-refractivity contribution in [2.75, 3.05) is 10.6 Å². The Morgan fingerprint density at radius 1 is 1.11 bits per heavy atom. The molecule has 0 unspecified atom stereocenters. The summed E-state index contributed by atoms with van der Waals surface area (Å²) in [6.07, 6.45) is 6.18. The predicted molar refractivity (Wildman–Crippen MR) is 121 cm³/mol. The summed E-state index contributed by atoms with van der Waals surface area (Å²) in [6, 6.07) is 12.4. The molecule has 148 valence electrons. The molecule has 0 aliphatic rings. The lowest BCUT2D eigenvalue weighted by Gasteiger charge is -2.11. The largest absolute Gasteiger partial charge is 0.380 e. The van der Waals surface area contributed by atoms with Crippen LogP contribution in [0.5, 0.6) is 0 Å². The van der Waals surface area contributed by atoms with E-state index in [0.29, 0.717) is 10.0 Å². The summed E-state index contributed by atoms with van der Waals surface area (Å²) in [6.45, 7) is 4.88. The van der Waals surface area contributed by atoms with Crippen LogP contribution in [0, 0.1) is 6.92 Å². The fourth-order valence-corrected chi connectivity index (χ4v) is 4.53. The number of carbonyl (C=O) groups is 1. The summed E-state index contributed by atoms with van der Waals surface area (Å²) >= 11 is 2.97. The molecule has 0 saturated carbocycles. The highest BCUT2D eigenvalue weighted by atomic mass is 32.1. The van der Waals surface area contributed by atoms with E-state index in [1.54, 1.807) is 0 Å². The van der Waals surface area contributed by atoms with Crippen molar-refractivity contribution in [3.05, 3.63) is 62.8 Å². The van der Waals surface area contributed by atoms with E-state index in [0.717, 1.165) is 23.5 Å². The number of aromatic nitrogens is 1. The van der Waals surface area contributed by atoms with E-state index in [-0.39, 0.29) is 5.91 Å². The minimum atomic E-state index is -0.0954. The molecular weight excluding hydrogens is 386 g/mol. The molecule has 0 aliphatic carbocycles. The molecule has 0 radical (unpaired) electrons. The molecule has 2 aromatic heterocycles. The third kappa shape index (κ3) is 5.91. The number of aryl methyl sites for hydroxylation is 2. The van der Waals surface area contributed by atoms with Crippen molar-refractivity contribution < 1.29 is 4.79 Å². The van der Waals surface area contributed by atoms with E-state index in [2.05, 4.69) is 46.8 Å². The predicted octanol–water partition coefficient (Wildman–Crippen LogP) is 6.50. The van der Waals surface area contributed by atoms with E-state index in [4.69, 9.17) is 0 Å². The number of thiazole rings is 1. The zero-order chi connectivity index (χ0) is 19.8. The fraction of sp³-hybridized carbons (Fsp3) is 0.364. The number of anilines is 2. The summed E-state index contributed by atoms with van der Waals surface area (Å²) in [4.78, 5) is 18.5. The van der Waals surface area contributed by atoms with Gasteiger partial charge in [-0.15, -0.1) is 22.7 Å². The maximum atomic E-state index is 12.4. The van der Waals surface area contributed by atoms with E-state index in [1.165, 1.54) is 59.6 Å². The van der Waals surface area contributed by atoms with Gasteiger partial charge in [-0.3, -0.25) is 10.1 Å². The van der Waals surface area contributed by atoms with Gasteiger partial charge in [0.15, 0.2) is 5.13 Å². The molecule has 4 nitrogen and oxygen atoms in total. The van der Waals surface area contributed by atoms with Gasteiger partial charge in [0.2, 0.25) is 0 Å². The van der Waals surface area contributed by atoms with Crippen molar-refractivity contribution in [1.29, 1.82) is 0 Å². The first-order valence-electron chi connectivity index (χ1n) is 9.79. The maximum absolute atomic E-state index is 12.4. The zero-order valence-electron chi connectivity index (χ0n) is 16.5. The molecule has 1 amide bonds. The second-order valence-corrected chi connectivity index (χ2v) is 8.86. The Morgan fingerprint density at radius 3 is 2.75 bits per heavy atom. The average molecular weight is 414 g/mol. The summed E-state index contributed by atoms with van der Waals surface area (Å²) in [7, 11) is 0. The van der Waals surface area contributed by atoms with Crippen molar-refractivity contribution in [3.63, 3.8) is 0 Å². The first kappa shape index (κ1) is 20.6. The number of amides is 1. The molecule has 0 aliphatic heterocycles. The van der Waals surface area contributed by atoms with Crippen LogP contribution >= 0.6 is 22.7 Å². The average Bonchev–Trinajstić information content (AvgIpc) is 3.33. The monoisotopic (exact) mass is 413 g/mol. The number of unbranched alkanes of at least 4 members (excludes halogenated alkanes) is 3. The van der Waals surface area contributed by atoms with Crippen LogP contribution in [-0.4, -0.2) is 10.9 Å². The van der Waals surface area contributed by atoms with Crippen LogP contribution in [0.3, 0.4) is 0 Å². The Bertz CT molecular complexity index is 901. The topological polar surface area (TPSA) is 54.0 Å². The van der Waals surface area contributed by atoms with Gasteiger partial charge in [-0.2, -0.15) is 0 Å². The number of nitrogens with one attached hydrogen (secondary N) is 2. The number of carbonyl (C=O) groups excluding carboxylic acids is 1. The van der Waals surface area contributed by atoms with Gasteiger partial charge in [0, 0.05) is 22.5 Å². The van der Waals surface area contributed by atoms with Crippen molar-refractivity contribution in [2.45, 2.75) is 52.5 Å². The Kier molecular flexibility index (Phi) is 7.62. The molecule has 6 heteroatoms. The maximum Gasteiger partial charge on any atom is 0.267 e. The Balaban J connectivity index is 1.55. The summed E-state index contributed by atoms with van der Waals surface area (Å²) < 4.78 is 0. The van der Waals surface area contributed by atoms with Gasteiger partial charge >= 0.3 is 0 Å². The Labute approximate surface area is 175 Å². The smallest absolute Gasteiger partial charge is 0.267 e. The van der Waals surface area contributed by atoms with E-state index in [1.807, 2.05) is 24.4 Å². The van der Waals surface area contributed by atoms with E-state index >= 15 is 0 Å². The lowest BCUT2D eigenvalue weighted by molar-refractivity contribution is 0.103. The van der Waals surface area contributed by atoms with Crippen LogP contribution in [0.2, 0.25) is 0 Å². The van der Waals surface area contributed by atoms with Gasteiger partial charge in [0.05, 0.1) is 10.6 Å². The number of thiophene rings is 1. The minimum absolute atomic E-state index is 0.0954.